The minimum absolute atomic E-state index is 0.150. The molecule has 0 atom stereocenters. The highest BCUT2D eigenvalue weighted by Crippen LogP contribution is 2.31. The fourth-order valence-electron chi connectivity index (χ4n) is 3.39. The second-order valence-corrected chi connectivity index (χ2v) is 7.02. The molecule has 6 heteroatoms. The second-order valence-electron chi connectivity index (χ2n) is 6.58. The van der Waals surface area contributed by atoms with Crippen LogP contribution in [0.2, 0.25) is 5.02 Å². The Balaban J connectivity index is 1.72. The monoisotopic (exact) mass is 366 g/mol. The lowest BCUT2D eigenvalue weighted by atomic mass is 9.88. The number of halogens is 1. The van der Waals surface area contributed by atoms with Gasteiger partial charge in [-0.1, -0.05) is 30.9 Å². The van der Waals surface area contributed by atoms with E-state index < -0.39 is 0 Å². The largest absolute Gasteiger partial charge is 0.287 e. The molecule has 1 fully saturated rings. The number of rotatable bonds is 3. The molecule has 26 heavy (non-hydrogen) atoms. The molecule has 2 heterocycles. The minimum atomic E-state index is -0.150. The molecular weight excluding hydrogens is 348 g/mol. The van der Waals surface area contributed by atoms with Crippen molar-refractivity contribution in [3.63, 3.8) is 0 Å². The quantitative estimate of drug-likeness (QED) is 0.689. The maximum atomic E-state index is 12.4. The first-order chi connectivity index (χ1) is 12.7. The molecule has 5 nitrogen and oxygen atoms in total. The van der Waals surface area contributed by atoms with Crippen LogP contribution in [0.25, 0.3) is 17.1 Å². The topological polar surface area (TPSA) is 60.7 Å². The van der Waals surface area contributed by atoms with Gasteiger partial charge in [0.1, 0.15) is 5.82 Å². The van der Waals surface area contributed by atoms with E-state index in [0.717, 1.165) is 24.4 Å². The lowest BCUT2D eigenvalue weighted by Crippen LogP contribution is -2.15. The van der Waals surface area contributed by atoms with E-state index in [1.807, 2.05) is 12.1 Å². The van der Waals surface area contributed by atoms with Crippen LogP contribution in [-0.2, 0) is 0 Å². The van der Waals surface area contributed by atoms with Crippen molar-refractivity contribution in [1.82, 2.24) is 19.7 Å². The van der Waals surface area contributed by atoms with Crippen LogP contribution in [0.5, 0.6) is 0 Å². The number of benzene rings is 1. The Kier molecular flexibility index (Phi) is 4.80. The Labute approximate surface area is 156 Å². The molecule has 0 saturated heterocycles. The van der Waals surface area contributed by atoms with Crippen LogP contribution in [0, 0.1) is 0 Å². The number of hydrogen-bond donors (Lipinski definition) is 0. The van der Waals surface area contributed by atoms with Crippen molar-refractivity contribution in [2.45, 2.75) is 38.0 Å². The zero-order chi connectivity index (χ0) is 17.9. The van der Waals surface area contributed by atoms with Gasteiger partial charge in [0.25, 0.3) is 0 Å². The Morgan fingerprint density at radius 2 is 1.77 bits per heavy atom. The smallest absolute Gasteiger partial charge is 0.209 e. The molecule has 0 spiro atoms. The minimum Gasteiger partial charge on any atom is -0.287 e. The molecule has 0 aliphatic heterocycles. The summed E-state index contributed by atoms with van der Waals surface area (Å²) in [7, 11) is 0. The van der Waals surface area contributed by atoms with Gasteiger partial charge in [0.2, 0.25) is 5.43 Å². The van der Waals surface area contributed by atoms with Crippen molar-refractivity contribution in [3.05, 3.63) is 69.9 Å². The average Bonchev–Trinajstić information content (AvgIpc) is 2.70. The lowest BCUT2D eigenvalue weighted by molar-refractivity contribution is 0.429. The standard InChI is InChI=1S/C20H19ClN4O/c21-15-6-8-16(9-7-15)25-13-11-18(26)19(24-25)17-10-12-22-20(23-17)14-4-2-1-3-5-14/h6-14H,1-5H2. The molecule has 0 radical (unpaired) electrons. The van der Waals surface area contributed by atoms with Crippen molar-refractivity contribution in [2.24, 2.45) is 0 Å². The molecule has 1 saturated carbocycles. The maximum Gasteiger partial charge on any atom is 0.209 e. The van der Waals surface area contributed by atoms with E-state index in [9.17, 15) is 4.79 Å². The van der Waals surface area contributed by atoms with Crippen molar-refractivity contribution in [3.8, 4) is 17.1 Å². The second kappa shape index (κ2) is 7.38. The van der Waals surface area contributed by atoms with Crippen LogP contribution >= 0.6 is 11.6 Å². The highest BCUT2D eigenvalue weighted by atomic mass is 35.5. The summed E-state index contributed by atoms with van der Waals surface area (Å²) in [4.78, 5) is 21.5. The molecule has 3 aromatic rings. The molecular formula is C20H19ClN4O. The van der Waals surface area contributed by atoms with E-state index >= 15 is 0 Å². The van der Waals surface area contributed by atoms with Gasteiger partial charge in [0.05, 0.1) is 11.4 Å². The summed E-state index contributed by atoms with van der Waals surface area (Å²) >= 11 is 5.95. The number of aromatic nitrogens is 4. The number of nitrogens with zero attached hydrogens (tertiary/aromatic N) is 4. The Hall–Kier alpha value is -2.53. The van der Waals surface area contributed by atoms with Crippen LogP contribution in [0.15, 0.2) is 53.6 Å². The van der Waals surface area contributed by atoms with Gasteiger partial charge >= 0.3 is 0 Å². The molecule has 0 N–H and O–H groups in total. The summed E-state index contributed by atoms with van der Waals surface area (Å²) in [6.07, 6.45) is 9.31. The van der Waals surface area contributed by atoms with Gasteiger partial charge in [-0.15, -0.1) is 0 Å². The first kappa shape index (κ1) is 16.9. The van der Waals surface area contributed by atoms with E-state index in [-0.39, 0.29) is 5.43 Å². The predicted molar refractivity (Wildman–Crippen MR) is 102 cm³/mol. The van der Waals surface area contributed by atoms with Crippen molar-refractivity contribution < 1.29 is 0 Å². The van der Waals surface area contributed by atoms with E-state index in [1.165, 1.54) is 25.3 Å². The summed E-state index contributed by atoms with van der Waals surface area (Å²) < 4.78 is 1.66. The third-order valence-electron chi connectivity index (χ3n) is 4.79. The summed E-state index contributed by atoms with van der Waals surface area (Å²) in [6.45, 7) is 0. The van der Waals surface area contributed by atoms with Crippen LogP contribution in [-0.4, -0.2) is 19.7 Å². The van der Waals surface area contributed by atoms with Crippen LogP contribution in [0.3, 0.4) is 0 Å². The molecule has 0 amide bonds. The Bertz CT molecular complexity index is 962. The van der Waals surface area contributed by atoms with Crippen LogP contribution in [0.4, 0.5) is 0 Å². The molecule has 1 aliphatic rings. The molecule has 2 aromatic heterocycles. The van der Waals surface area contributed by atoms with E-state index in [2.05, 4.69) is 15.1 Å². The van der Waals surface area contributed by atoms with Gasteiger partial charge in [-0.05, 0) is 43.2 Å². The molecule has 1 aliphatic carbocycles. The zero-order valence-electron chi connectivity index (χ0n) is 14.3. The third kappa shape index (κ3) is 3.53. The SMILES string of the molecule is O=c1ccn(-c2ccc(Cl)cc2)nc1-c1ccnc(C2CCCCC2)n1. The maximum absolute atomic E-state index is 12.4. The Morgan fingerprint density at radius 3 is 2.54 bits per heavy atom. The van der Waals surface area contributed by atoms with Gasteiger partial charge < -0.3 is 0 Å². The van der Waals surface area contributed by atoms with Gasteiger partial charge in [0.15, 0.2) is 5.69 Å². The zero-order valence-corrected chi connectivity index (χ0v) is 15.1. The van der Waals surface area contributed by atoms with Gasteiger partial charge in [-0.25, -0.2) is 14.6 Å². The molecule has 132 valence electrons. The fourth-order valence-corrected chi connectivity index (χ4v) is 3.51. The van der Waals surface area contributed by atoms with Crippen molar-refractivity contribution in [1.29, 1.82) is 0 Å². The summed E-state index contributed by atoms with van der Waals surface area (Å²) in [6, 6.07) is 10.6. The van der Waals surface area contributed by atoms with E-state index in [4.69, 9.17) is 11.6 Å². The molecule has 0 bridgehead atoms. The third-order valence-corrected chi connectivity index (χ3v) is 5.04. The first-order valence-corrected chi connectivity index (χ1v) is 9.28. The molecule has 4 rings (SSSR count). The highest BCUT2D eigenvalue weighted by molar-refractivity contribution is 6.30. The normalized spacial score (nSPS) is 15.1. The number of hydrogen-bond acceptors (Lipinski definition) is 4. The van der Waals surface area contributed by atoms with Crippen LogP contribution in [0.1, 0.15) is 43.8 Å². The fraction of sp³-hybridized carbons (Fsp3) is 0.300. The van der Waals surface area contributed by atoms with Crippen molar-refractivity contribution in [2.75, 3.05) is 0 Å². The van der Waals surface area contributed by atoms with Gasteiger partial charge in [-0.3, -0.25) is 4.79 Å². The Morgan fingerprint density at radius 1 is 1.00 bits per heavy atom. The van der Waals surface area contributed by atoms with E-state index in [0.29, 0.717) is 22.3 Å². The van der Waals surface area contributed by atoms with Crippen LogP contribution < -0.4 is 5.43 Å². The first-order valence-electron chi connectivity index (χ1n) is 8.90. The lowest BCUT2D eigenvalue weighted by Gasteiger charge is -2.20. The molecule has 1 aromatic carbocycles. The summed E-state index contributed by atoms with van der Waals surface area (Å²) in [5, 5.41) is 5.16. The molecule has 0 unspecified atom stereocenters. The van der Waals surface area contributed by atoms with E-state index in [1.54, 1.807) is 35.3 Å². The predicted octanol–water partition coefficient (Wildman–Crippen LogP) is 4.39. The summed E-state index contributed by atoms with van der Waals surface area (Å²) in [5.74, 6) is 1.20. The summed E-state index contributed by atoms with van der Waals surface area (Å²) in [5.41, 5.74) is 1.59. The highest BCUT2D eigenvalue weighted by Gasteiger charge is 2.19. The average molecular weight is 367 g/mol. The van der Waals surface area contributed by atoms with Crippen molar-refractivity contribution >= 4 is 11.6 Å². The van der Waals surface area contributed by atoms with Gasteiger partial charge in [-0.2, -0.15) is 5.10 Å². The van der Waals surface area contributed by atoms with Gasteiger partial charge in [0, 0.05) is 29.4 Å².